The van der Waals surface area contributed by atoms with Crippen LogP contribution in [0.3, 0.4) is 0 Å². The van der Waals surface area contributed by atoms with Crippen LogP contribution < -0.4 is 5.32 Å². The molecule has 2 heterocycles. The molecule has 0 saturated carbocycles. The molecule has 0 radical (unpaired) electrons. The Morgan fingerprint density at radius 2 is 2.22 bits per heavy atom. The molecule has 0 unspecified atom stereocenters. The number of aromatic amines is 1. The Labute approximate surface area is 108 Å². The molecule has 0 amide bonds. The third-order valence-electron chi connectivity index (χ3n) is 2.53. The highest BCUT2D eigenvalue weighted by atomic mass is 32.2. The number of hydrogen-bond donors (Lipinski definition) is 2. The lowest BCUT2D eigenvalue weighted by atomic mass is 10.2. The van der Waals surface area contributed by atoms with Crippen molar-refractivity contribution in [3.05, 3.63) is 36.7 Å². The monoisotopic (exact) mass is 257 g/mol. The highest BCUT2D eigenvalue weighted by Crippen LogP contribution is 2.20. The van der Waals surface area contributed by atoms with Crippen LogP contribution >= 0.6 is 11.8 Å². The minimum absolute atomic E-state index is 0.752. The minimum atomic E-state index is 0.752. The van der Waals surface area contributed by atoms with Crippen LogP contribution in [0.25, 0.3) is 10.9 Å². The van der Waals surface area contributed by atoms with Crippen molar-refractivity contribution in [2.24, 2.45) is 0 Å². The summed E-state index contributed by atoms with van der Waals surface area (Å²) in [5.74, 6) is 0.785. The second-order valence-electron chi connectivity index (χ2n) is 3.73. The van der Waals surface area contributed by atoms with Gasteiger partial charge in [-0.25, -0.2) is 9.97 Å². The minimum Gasteiger partial charge on any atom is -0.340 e. The van der Waals surface area contributed by atoms with Gasteiger partial charge in [-0.1, -0.05) is 11.8 Å². The smallest absolute Gasteiger partial charge is 0.189 e. The van der Waals surface area contributed by atoms with Gasteiger partial charge in [0.15, 0.2) is 5.16 Å². The summed E-state index contributed by atoms with van der Waals surface area (Å²) in [6, 6.07) is 7.86. The third-order valence-corrected chi connectivity index (χ3v) is 3.09. The van der Waals surface area contributed by atoms with Gasteiger partial charge < -0.3 is 5.32 Å². The van der Waals surface area contributed by atoms with Crippen LogP contribution in [0.15, 0.2) is 41.8 Å². The first kappa shape index (κ1) is 11.0. The Kier molecular flexibility index (Phi) is 2.85. The van der Waals surface area contributed by atoms with Crippen molar-refractivity contribution in [2.45, 2.75) is 5.16 Å². The SMILES string of the molecule is CSc1nccc(Nc2ccc3cn[nH]c3c2)n1. The number of nitrogens with zero attached hydrogens (tertiary/aromatic N) is 3. The van der Waals surface area contributed by atoms with Crippen LogP contribution in [0.5, 0.6) is 0 Å². The van der Waals surface area contributed by atoms with Gasteiger partial charge in [-0.05, 0) is 30.5 Å². The molecule has 0 aliphatic carbocycles. The Morgan fingerprint density at radius 3 is 3.11 bits per heavy atom. The summed E-state index contributed by atoms with van der Waals surface area (Å²) < 4.78 is 0. The van der Waals surface area contributed by atoms with E-state index in [0.29, 0.717) is 0 Å². The van der Waals surface area contributed by atoms with E-state index in [2.05, 4.69) is 25.5 Å². The normalized spacial score (nSPS) is 10.7. The van der Waals surface area contributed by atoms with Crippen molar-refractivity contribution in [3.63, 3.8) is 0 Å². The van der Waals surface area contributed by atoms with E-state index in [9.17, 15) is 0 Å². The molecule has 90 valence electrons. The molecule has 0 aliphatic heterocycles. The summed E-state index contributed by atoms with van der Waals surface area (Å²) >= 11 is 1.52. The number of rotatable bonds is 3. The molecular formula is C12H11N5S. The van der Waals surface area contributed by atoms with Crippen LogP contribution in [-0.4, -0.2) is 26.4 Å². The summed E-state index contributed by atoms with van der Waals surface area (Å²) in [4.78, 5) is 8.51. The van der Waals surface area contributed by atoms with Crippen LogP contribution in [0, 0.1) is 0 Å². The number of fused-ring (bicyclic) bond motifs is 1. The molecule has 18 heavy (non-hydrogen) atoms. The fraction of sp³-hybridized carbons (Fsp3) is 0.0833. The average Bonchev–Trinajstić information content (AvgIpc) is 2.86. The van der Waals surface area contributed by atoms with Crippen LogP contribution in [-0.2, 0) is 0 Å². The van der Waals surface area contributed by atoms with Crippen molar-refractivity contribution in [2.75, 3.05) is 11.6 Å². The van der Waals surface area contributed by atoms with Crippen molar-refractivity contribution in [3.8, 4) is 0 Å². The Balaban J connectivity index is 1.90. The topological polar surface area (TPSA) is 66.5 Å². The Bertz CT molecular complexity index is 679. The number of nitrogens with one attached hydrogen (secondary N) is 2. The summed E-state index contributed by atoms with van der Waals surface area (Å²) in [6.07, 6.45) is 5.50. The second kappa shape index (κ2) is 4.66. The first-order valence-electron chi connectivity index (χ1n) is 5.42. The van der Waals surface area contributed by atoms with E-state index in [0.717, 1.165) is 27.6 Å². The standard InChI is InChI=1S/C12H11N5S/c1-18-12-13-5-4-11(16-12)15-9-3-2-8-7-14-17-10(8)6-9/h2-7H,1H3,(H,14,17)(H,13,15,16). The predicted molar refractivity (Wildman–Crippen MR) is 73.2 cm³/mol. The zero-order valence-corrected chi connectivity index (χ0v) is 10.5. The van der Waals surface area contributed by atoms with Gasteiger partial charge in [0.05, 0.1) is 11.7 Å². The van der Waals surface area contributed by atoms with Crippen LogP contribution in [0.1, 0.15) is 0 Å². The molecule has 0 aliphatic rings. The third kappa shape index (κ3) is 2.14. The van der Waals surface area contributed by atoms with E-state index < -0.39 is 0 Å². The largest absolute Gasteiger partial charge is 0.340 e. The van der Waals surface area contributed by atoms with E-state index in [-0.39, 0.29) is 0 Å². The highest BCUT2D eigenvalue weighted by molar-refractivity contribution is 7.98. The van der Waals surface area contributed by atoms with Crippen molar-refractivity contribution in [1.82, 2.24) is 20.2 Å². The maximum Gasteiger partial charge on any atom is 0.189 e. The number of hydrogen-bond acceptors (Lipinski definition) is 5. The first-order chi connectivity index (χ1) is 8.85. The van der Waals surface area contributed by atoms with Crippen LogP contribution in [0.4, 0.5) is 11.5 Å². The van der Waals surface area contributed by atoms with Gasteiger partial charge in [0, 0.05) is 17.3 Å². The second-order valence-corrected chi connectivity index (χ2v) is 4.50. The van der Waals surface area contributed by atoms with Crippen molar-refractivity contribution >= 4 is 34.2 Å². The fourth-order valence-corrected chi connectivity index (χ4v) is 2.03. The molecule has 5 nitrogen and oxygen atoms in total. The van der Waals surface area contributed by atoms with Gasteiger partial charge >= 0.3 is 0 Å². The fourth-order valence-electron chi connectivity index (χ4n) is 1.67. The summed E-state index contributed by atoms with van der Waals surface area (Å²) in [5.41, 5.74) is 1.97. The van der Waals surface area contributed by atoms with E-state index in [4.69, 9.17) is 0 Å². The molecule has 0 fully saturated rings. The zero-order valence-electron chi connectivity index (χ0n) is 9.71. The number of aromatic nitrogens is 4. The molecule has 2 N–H and O–H groups in total. The van der Waals surface area contributed by atoms with E-state index >= 15 is 0 Å². The highest BCUT2D eigenvalue weighted by Gasteiger charge is 2.01. The first-order valence-corrected chi connectivity index (χ1v) is 6.65. The number of H-pyrrole nitrogens is 1. The molecule has 1 aromatic carbocycles. The lowest BCUT2D eigenvalue weighted by molar-refractivity contribution is 0.975. The molecule has 0 saturated heterocycles. The van der Waals surface area contributed by atoms with Crippen molar-refractivity contribution in [1.29, 1.82) is 0 Å². The van der Waals surface area contributed by atoms with Crippen molar-refractivity contribution < 1.29 is 0 Å². The Morgan fingerprint density at radius 1 is 1.28 bits per heavy atom. The molecule has 0 atom stereocenters. The van der Waals surface area contributed by atoms with Gasteiger partial charge in [-0.15, -0.1) is 0 Å². The zero-order chi connectivity index (χ0) is 12.4. The maximum atomic E-state index is 4.37. The number of anilines is 2. The van der Waals surface area contributed by atoms with E-state index in [1.165, 1.54) is 11.8 Å². The molecule has 2 aromatic heterocycles. The summed E-state index contributed by atoms with van der Waals surface area (Å²) in [5, 5.41) is 12.0. The van der Waals surface area contributed by atoms with Gasteiger partial charge in [0.25, 0.3) is 0 Å². The molecular weight excluding hydrogens is 246 g/mol. The molecule has 0 bridgehead atoms. The number of thioether (sulfide) groups is 1. The summed E-state index contributed by atoms with van der Waals surface area (Å²) in [6.45, 7) is 0. The molecule has 6 heteroatoms. The maximum absolute atomic E-state index is 4.37. The van der Waals surface area contributed by atoms with Gasteiger partial charge in [0.2, 0.25) is 0 Å². The van der Waals surface area contributed by atoms with Gasteiger partial charge in [0.1, 0.15) is 5.82 Å². The number of benzene rings is 1. The van der Waals surface area contributed by atoms with E-state index in [1.54, 1.807) is 12.4 Å². The van der Waals surface area contributed by atoms with Gasteiger partial charge in [-0.3, -0.25) is 5.10 Å². The molecule has 0 spiro atoms. The van der Waals surface area contributed by atoms with Gasteiger partial charge in [-0.2, -0.15) is 5.10 Å². The van der Waals surface area contributed by atoms with E-state index in [1.807, 2.05) is 30.5 Å². The van der Waals surface area contributed by atoms with Crippen LogP contribution in [0.2, 0.25) is 0 Å². The lowest BCUT2D eigenvalue weighted by Gasteiger charge is -2.05. The molecule has 3 rings (SSSR count). The summed E-state index contributed by atoms with van der Waals surface area (Å²) in [7, 11) is 0. The lowest BCUT2D eigenvalue weighted by Crippen LogP contribution is -1.95. The quantitative estimate of drug-likeness (QED) is 0.558. The predicted octanol–water partition coefficient (Wildman–Crippen LogP) is 2.82. The molecule has 3 aromatic rings. The average molecular weight is 257 g/mol. The Hall–Kier alpha value is -2.08.